The molecular formula is C25H31F4N5O3S2. The van der Waals surface area contributed by atoms with Gasteiger partial charge in [0.2, 0.25) is 5.82 Å². The van der Waals surface area contributed by atoms with Crippen molar-refractivity contribution >= 4 is 45.0 Å². The van der Waals surface area contributed by atoms with E-state index in [0.29, 0.717) is 28.7 Å². The van der Waals surface area contributed by atoms with Gasteiger partial charge in [0.15, 0.2) is 0 Å². The Balaban J connectivity index is 0.000000531. The third-order valence-corrected chi connectivity index (χ3v) is 8.81. The van der Waals surface area contributed by atoms with Gasteiger partial charge in [0.1, 0.15) is 18.8 Å². The van der Waals surface area contributed by atoms with E-state index >= 15 is 0 Å². The second-order valence-corrected chi connectivity index (χ2v) is 12.1. The average Bonchev–Trinajstić information content (AvgIpc) is 3.59. The normalized spacial score (nSPS) is 21.6. The van der Waals surface area contributed by atoms with Gasteiger partial charge in [-0.15, -0.1) is 11.3 Å². The number of carbonyl (C=O) groups excluding carboxylic acids is 1. The Morgan fingerprint density at radius 2 is 1.95 bits per heavy atom. The van der Waals surface area contributed by atoms with Crippen LogP contribution in [0.25, 0.3) is 20.8 Å². The Bertz CT molecular complexity index is 1270. The molecule has 14 heteroatoms. The third-order valence-electron chi connectivity index (χ3n) is 6.59. The summed E-state index contributed by atoms with van der Waals surface area (Å²) in [4.78, 5) is 15.6. The second kappa shape index (κ2) is 12.3. The van der Waals surface area contributed by atoms with Crippen LogP contribution in [-0.2, 0) is 4.74 Å². The van der Waals surface area contributed by atoms with Gasteiger partial charge in [-0.3, -0.25) is 0 Å². The number of fused-ring (bicyclic) bond motifs is 1. The van der Waals surface area contributed by atoms with Crippen molar-refractivity contribution in [2.45, 2.75) is 62.8 Å². The molecule has 0 spiro atoms. The van der Waals surface area contributed by atoms with Crippen molar-refractivity contribution < 1.29 is 31.6 Å². The average molecular weight is 590 g/mol. The first-order valence-electron chi connectivity index (χ1n) is 12.6. The molecule has 2 aromatic heterocycles. The fraction of sp³-hybridized carbons (Fsp3) is 0.560. The van der Waals surface area contributed by atoms with Gasteiger partial charge in [0.25, 0.3) is 5.89 Å². The minimum atomic E-state index is -4.55. The zero-order chi connectivity index (χ0) is 28.3. The Kier molecular flexibility index (Phi) is 9.27. The molecule has 3 N–H and O–H groups in total. The summed E-state index contributed by atoms with van der Waals surface area (Å²) in [5.41, 5.74) is -4.01. The SMILES string of the molecule is CC(C)C(C)C.O=C1NC(c2nc(-c3sc4c(NC5CCNCC5F)cccc4c3SC(F)(F)F)no2)CO1. The van der Waals surface area contributed by atoms with Crippen molar-refractivity contribution in [3.05, 3.63) is 24.1 Å². The van der Waals surface area contributed by atoms with Crippen molar-refractivity contribution in [2.24, 2.45) is 11.8 Å². The van der Waals surface area contributed by atoms with Crippen LogP contribution < -0.4 is 16.0 Å². The maximum atomic E-state index is 14.3. The summed E-state index contributed by atoms with van der Waals surface area (Å²) in [7, 11) is 0. The standard InChI is InChI=1S/C19H17F4N5O3S2.C6H14/c20-9-6-24-5-4-10(9)25-11-3-1-2-8-13(11)32-15(14(8)33-19(21,22)23)16-27-17(31-28-16)12-7-30-18(29)26-12;1-5(2)6(3)4/h1-3,9-10,12,24-25H,4-7H2,(H,26,29);5-6H,1-4H3. The second-order valence-electron chi connectivity index (χ2n) is 9.99. The summed E-state index contributed by atoms with van der Waals surface area (Å²) >= 11 is 0.804. The van der Waals surface area contributed by atoms with Crippen LogP contribution in [0.1, 0.15) is 46.0 Å². The molecule has 4 heterocycles. The third kappa shape index (κ3) is 7.34. The molecule has 1 amide bonds. The number of anilines is 1. The predicted octanol–water partition coefficient (Wildman–Crippen LogP) is 6.75. The summed E-state index contributed by atoms with van der Waals surface area (Å²) < 4.78 is 65.1. The van der Waals surface area contributed by atoms with E-state index in [0.717, 1.165) is 23.2 Å². The molecule has 214 valence electrons. The Morgan fingerprint density at radius 3 is 2.56 bits per heavy atom. The van der Waals surface area contributed by atoms with Gasteiger partial charge in [-0.05, 0) is 42.6 Å². The van der Waals surface area contributed by atoms with Crippen LogP contribution in [0, 0.1) is 11.8 Å². The molecule has 2 fully saturated rings. The molecule has 3 unspecified atom stereocenters. The lowest BCUT2D eigenvalue weighted by atomic mass is 10.0. The number of amides is 1. The molecule has 0 bridgehead atoms. The Hall–Kier alpha value is -2.58. The molecule has 0 saturated carbocycles. The number of thiophene rings is 1. The lowest BCUT2D eigenvalue weighted by molar-refractivity contribution is -0.0327. The van der Waals surface area contributed by atoms with Gasteiger partial charge in [0, 0.05) is 16.8 Å². The van der Waals surface area contributed by atoms with E-state index in [1.807, 2.05) is 0 Å². The number of nitrogens with zero attached hydrogens (tertiary/aromatic N) is 2. The van der Waals surface area contributed by atoms with E-state index in [-0.39, 0.29) is 46.4 Å². The maximum absolute atomic E-state index is 14.3. The monoisotopic (exact) mass is 589 g/mol. The summed E-state index contributed by atoms with van der Waals surface area (Å²) in [6, 6.07) is 3.79. The lowest BCUT2D eigenvalue weighted by Gasteiger charge is -2.28. The van der Waals surface area contributed by atoms with Gasteiger partial charge in [-0.25, -0.2) is 9.18 Å². The van der Waals surface area contributed by atoms with Crippen LogP contribution in [-0.4, -0.2) is 53.7 Å². The van der Waals surface area contributed by atoms with E-state index in [9.17, 15) is 22.4 Å². The zero-order valence-electron chi connectivity index (χ0n) is 21.9. The first kappa shape index (κ1) is 29.4. The van der Waals surface area contributed by atoms with Crippen LogP contribution in [0.15, 0.2) is 27.6 Å². The predicted molar refractivity (Wildman–Crippen MR) is 144 cm³/mol. The molecule has 5 rings (SSSR count). The number of alkyl carbamates (subject to hydrolysis) is 1. The number of nitrogens with one attached hydrogen (secondary N) is 3. The number of halogens is 4. The van der Waals surface area contributed by atoms with Crippen molar-refractivity contribution in [3.8, 4) is 10.7 Å². The number of benzene rings is 1. The summed E-state index contributed by atoms with van der Waals surface area (Å²) in [5.74, 6) is 1.70. The number of thioether (sulfide) groups is 1. The van der Waals surface area contributed by atoms with Gasteiger partial charge in [0.05, 0.1) is 21.3 Å². The highest BCUT2D eigenvalue weighted by molar-refractivity contribution is 8.00. The molecule has 2 aliphatic heterocycles. The summed E-state index contributed by atoms with van der Waals surface area (Å²) in [5, 5.41) is 12.8. The quantitative estimate of drug-likeness (QED) is 0.214. The smallest absolute Gasteiger partial charge is 0.446 e. The number of piperidine rings is 1. The van der Waals surface area contributed by atoms with Crippen LogP contribution in [0.4, 0.5) is 28.0 Å². The van der Waals surface area contributed by atoms with E-state index < -0.39 is 29.9 Å². The highest BCUT2D eigenvalue weighted by Crippen LogP contribution is 2.50. The maximum Gasteiger partial charge on any atom is 0.446 e. The lowest BCUT2D eigenvalue weighted by Crippen LogP contribution is -2.45. The number of hydrogen-bond acceptors (Lipinski definition) is 9. The number of alkyl halides is 4. The number of rotatable bonds is 6. The van der Waals surface area contributed by atoms with Crippen LogP contribution in [0.2, 0.25) is 0 Å². The number of hydrogen-bond donors (Lipinski definition) is 3. The molecule has 0 aliphatic carbocycles. The first-order chi connectivity index (χ1) is 18.4. The van der Waals surface area contributed by atoms with E-state index in [1.165, 1.54) is 0 Å². The van der Waals surface area contributed by atoms with E-state index in [4.69, 9.17) is 9.26 Å². The van der Waals surface area contributed by atoms with Crippen LogP contribution in [0.3, 0.4) is 0 Å². The van der Waals surface area contributed by atoms with Crippen molar-refractivity contribution in [1.82, 2.24) is 20.8 Å². The summed E-state index contributed by atoms with van der Waals surface area (Å²) in [6.07, 6.45) is -1.22. The van der Waals surface area contributed by atoms with Gasteiger partial charge in [-0.1, -0.05) is 45.0 Å². The van der Waals surface area contributed by atoms with Crippen molar-refractivity contribution in [1.29, 1.82) is 0 Å². The molecule has 2 aliphatic rings. The van der Waals surface area contributed by atoms with Crippen molar-refractivity contribution in [2.75, 3.05) is 25.0 Å². The van der Waals surface area contributed by atoms with E-state index in [2.05, 4.69) is 53.8 Å². The molecule has 2 saturated heterocycles. The molecular weight excluding hydrogens is 558 g/mol. The van der Waals surface area contributed by atoms with Gasteiger partial charge in [-0.2, -0.15) is 18.2 Å². The van der Waals surface area contributed by atoms with Crippen LogP contribution in [0.5, 0.6) is 0 Å². The molecule has 39 heavy (non-hydrogen) atoms. The molecule has 1 aromatic carbocycles. The minimum Gasteiger partial charge on any atom is -0.447 e. The molecule has 8 nitrogen and oxygen atoms in total. The molecule has 3 aromatic rings. The fourth-order valence-corrected chi connectivity index (χ4v) is 5.85. The number of cyclic esters (lactones) is 1. The van der Waals surface area contributed by atoms with E-state index in [1.54, 1.807) is 18.2 Å². The van der Waals surface area contributed by atoms with Gasteiger partial charge < -0.3 is 25.2 Å². The highest BCUT2D eigenvalue weighted by Gasteiger charge is 2.35. The van der Waals surface area contributed by atoms with Crippen molar-refractivity contribution in [3.63, 3.8) is 0 Å². The van der Waals surface area contributed by atoms with Crippen LogP contribution >= 0.6 is 23.1 Å². The molecule has 0 radical (unpaired) electrons. The largest absolute Gasteiger partial charge is 0.447 e. The first-order valence-corrected chi connectivity index (χ1v) is 14.3. The number of carbonyl (C=O) groups is 1. The van der Waals surface area contributed by atoms with Gasteiger partial charge >= 0.3 is 11.6 Å². The topological polar surface area (TPSA) is 101 Å². The number of ether oxygens (including phenoxy) is 1. The minimum absolute atomic E-state index is 0.0221. The highest BCUT2D eigenvalue weighted by atomic mass is 32.2. The zero-order valence-corrected chi connectivity index (χ0v) is 23.5. The fourth-order valence-electron chi connectivity index (χ4n) is 3.74. The summed E-state index contributed by atoms with van der Waals surface area (Å²) in [6.45, 7) is 9.80. The molecule has 3 atom stereocenters. The number of aromatic nitrogens is 2. The Labute approximate surface area is 231 Å². The Morgan fingerprint density at radius 1 is 1.21 bits per heavy atom.